The van der Waals surface area contributed by atoms with Gasteiger partial charge in [-0.2, -0.15) is 0 Å². The molecule has 3 aromatic rings. The molecule has 2 atom stereocenters. The van der Waals surface area contributed by atoms with Gasteiger partial charge in [0.1, 0.15) is 5.69 Å². The molecule has 0 bridgehead atoms. The van der Waals surface area contributed by atoms with E-state index in [-0.39, 0.29) is 17.1 Å². The third-order valence-electron chi connectivity index (χ3n) is 6.26. The fraction of sp³-hybridized carbons (Fsp3) is 0.182. The summed E-state index contributed by atoms with van der Waals surface area (Å²) in [6.45, 7) is 0.672. The molecule has 27 heavy (non-hydrogen) atoms. The fourth-order valence-electron chi connectivity index (χ4n) is 4.94. The lowest BCUT2D eigenvalue weighted by Crippen LogP contribution is -2.33. The zero-order chi connectivity index (χ0) is 18.3. The average molecular weight is 419 g/mol. The zero-order valence-electron chi connectivity index (χ0n) is 14.3. The Morgan fingerprint density at radius 2 is 2.04 bits per heavy atom. The normalized spacial score (nSPS) is 25.1. The molecule has 2 aromatic carbocycles. The third kappa shape index (κ3) is 1.92. The molecule has 1 spiro atoms. The lowest BCUT2D eigenvalue weighted by molar-refractivity contribution is 0.0806. The summed E-state index contributed by atoms with van der Waals surface area (Å²) >= 11 is 3.47. The van der Waals surface area contributed by atoms with E-state index in [1.54, 1.807) is 6.08 Å². The predicted octanol–water partition coefficient (Wildman–Crippen LogP) is 4.42. The first-order valence-corrected chi connectivity index (χ1v) is 9.83. The van der Waals surface area contributed by atoms with Crippen molar-refractivity contribution in [3.63, 3.8) is 0 Å². The number of carbonyl (C=O) groups is 2. The highest BCUT2D eigenvalue weighted by atomic mass is 79.9. The van der Waals surface area contributed by atoms with Gasteiger partial charge in [-0.05, 0) is 42.2 Å². The van der Waals surface area contributed by atoms with Gasteiger partial charge in [-0.1, -0.05) is 40.2 Å². The molecule has 1 saturated carbocycles. The van der Waals surface area contributed by atoms with Crippen molar-refractivity contribution in [2.45, 2.75) is 11.8 Å². The lowest BCUT2D eigenvalue weighted by Gasteiger charge is -2.29. The van der Waals surface area contributed by atoms with Crippen molar-refractivity contribution in [2.24, 2.45) is 5.92 Å². The van der Waals surface area contributed by atoms with Crippen molar-refractivity contribution in [2.75, 3.05) is 6.54 Å². The number of fused-ring (bicyclic) bond motifs is 2. The minimum atomic E-state index is -0.144. The molecule has 1 amide bonds. The molecule has 2 heterocycles. The van der Waals surface area contributed by atoms with Crippen LogP contribution in [0.5, 0.6) is 0 Å². The molecule has 2 fully saturated rings. The van der Waals surface area contributed by atoms with Crippen molar-refractivity contribution < 1.29 is 9.59 Å². The minimum Gasteiger partial charge on any atom is -0.351 e. The second kappa shape index (κ2) is 4.98. The van der Waals surface area contributed by atoms with Crippen LogP contribution in [0.25, 0.3) is 10.9 Å². The molecule has 0 unspecified atom stereocenters. The molecular weight excluding hydrogens is 404 g/mol. The number of piperidine rings is 1. The van der Waals surface area contributed by atoms with Crippen LogP contribution in [0.1, 0.15) is 32.8 Å². The Bertz CT molecular complexity index is 1210. The van der Waals surface area contributed by atoms with E-state index >= 15 is 0 Å². The van der Waals surface area contributed by atoms with Crippen LogP contribution in [0.2, 0.25) is 0 Å². The maximum absolute atomic E-state index is 13.3. The van der Waals surface area contributed by atoms with E-state index in [0.717, 1.165) is 38.6 Å². The number of aromatic nitrogens is 1. The summed E-state index contributed by atoms with van der Waals surface area (Å²) in [5.41, 5.74) is 4.10. The van der Waals surface area contributed by atoms with Gasteiger partial charge in [0.15, 0.2) is 5.78 Å². The number of nitrogens with zero attached hydrogens (tertiary/aromatic N) is 1. The number of benzene rings is 2. The molecule has 2 aliphatic carbocycles. The first kappa shape index (κ1) is 15.4. The molecule has 5 heteroatoms. The van der Waals surface area contributed by atoms with Gasteiger partial charge in [-0.3, -0.25) is 9.59 Å². The molecule has 1 saturated heterocycles. The molecule has 3 aliphatic rings. The fourth-order valence-corrected chi connectivity index (χ4v) is 5.32. The number of amides is 1. The van der Waals surface area contributed by atoms with E-state index in [9.17, 15) is 9.59 Å². The molecule has 1 aromatic heterocycles. The number of allylic oxidation sites excluding steroid dienone is 2. The van der Waals surface area contributed by atoms with E-state index in [0.29, 0.717) is 18.2 Å². The van der Waals surface area contributed by atoms with Crippen LogP contribution in [0.3, 0.4) is 0 Å². The highest BCUT2D eigenvalue weighted by Gasteiger charge is 2.67. The van der Waals surface area contributed by atoms with Crippen LogP contribution < -0.4 is 0 Å². The van der Waals surface area contributed by atoms with Crippen molar-refractivity contribution >= 4 is 38.5 Å². The van der Waals surface area contributed by atoms with Gasteiger partial charge in [-0.25, -0.2) is 0 Å². The SMILES string of the molecule is O=C1C=C2N(C(=O)c3cc4cc(Br)ccc4[nH]3)C[C@H]3C[C@@]23c2ccccc21. The second-order valence-electron chi connectivity index (χ2n) is 7.64. The Kier molecular flexibility index (Phi) is 2.84. The summed E-state index contributed by atoms with van der Waals surface area (Å²) in [7, 11) is 0. The Morgan fingerprint density at radius 1 is 1.19 bits per heavy atom. The van der Waals surface area contributed by atoms with Gasteiger partial charge in [-0.15, -0.1) is 0 Å². The summed E-state index contributed by atoms with van der Waals surface area (Å²) in [5, 5.41) is 0.992. The van der Waals surface area contributed by atoms with E-state index < -0.39 is 0 Å². The summed E-state index contributed by atoms with van der Waals surface area (Å²) in [4.78, 5) is 30.9. The largest absolute Gasteiger partial charge is 0.351 e. The van der Waals surface area contributed by atoms with E-state index in [1.165, 1.54) is 0 Å². The van der Waals surface area contributed by atoms with Crippen LogP contribution in [-0.4, -0.2) is 28.1 Å². The summed E-state index contributed by atoms with van der Waals surface area (Å²) in [5.74, 6) is 0.338. The van der Waals surface area contributed by atoms with Crippen molar-refractivity contribution in [3.05, 3.63) is 81.6 Å². The number of nitrogens with one attached hydrogen (secondary N) is 1. The number of aromatic amines is 1. The first-order chi connectivity index (χ1) is 13.1. The molecule has 1 aliphatic heterocycles. The van der Waals surface area contributed by atoms with Gasteiger partial charge in [0, 0.05) is 44.7 Å². The minimum absolute atomic E-state index is 0.00264. The molecule has 4 nitrogen and oxygen atoms in total. The number of hydrogen-bond donors (Lipinski definition) is 1. The smallest absolute Gasteiger partial charge is 0.274 e. The maximum Gasteiger partial charge on any atom is 0.274 e. The van der Waals surface area contributed by atoms with E-state index in [4.69, 9.17) is 0 Å². The second-order valence-corrected chi connectivity index (χ2v) is 8.56. The molecule has 132 valence electrons. The Labute approximate surface area is 164 Å². The van der Waals surface area contributed by atoms with Crippen molar-refractivity contribution in [1.29, 1.82) is 0 Å². The Hall–Kier alpha value is -2.66. The van der Waals surface area contributed by atoms with Crippen LogP contribution in [-0.2, 0) is 5.41 Å². The number of H-pyrrole nitrogens is 1. The van der Waals surface area contributed by atoms with Gasteiger partial charge in [0.25, 0.3) is 5.91 Å². The quantitative estimate of drug-likeness (QED) is 0.635. The monoisotopic (exact) mass is 418 g/mol. The van der Waals surface area contributed by atoms with Crippen LogP contribution in [0, 0.1) is 5.92 Å². The molecule has 1 N–H and O–H groups in total. The lowest BCUT2D eigenvalue weighted by atomic mass is 9.81. The third-order valence-corrected chi connectivity index (χ3v) is 6.75. The number of hydrogen-bond acceptors (Lipinski definition) is 2. The highest BCUT2D eigenvalue weighted by Crippen LogP contribution is 2.66. The zero-order valence-corrected chi connectivity index (χ0v) is 15.9. The number of halogens is 1. The summed E-state index contributed by atoms with van der Waals surface area (Å²) in [6.07, 6.45) is 2.71. The van der Waals surface area contributed by atoms with Crippen molar-refractivity contribution in [1.82, 2.24) is 9.88 Å². The van der Waals surface area contributed by atoms with Crippen LogP contribution in [0.4, 0.5) is 0 Å². The topological polar surface area (TPSA) is 53.2 Å². The van der Waals surface area contributed by atoms with E-state index in [1.807, 2.05) is 47.4 Å². The standard InChI is InChI=1S/C22H15BrN2O2/c23-14-5-6-17-12(7-14)8-18(24-17)21(27)25-11-13-10-22(13)16-4-2-1-3-15(16)19(26)9-20(22)25/h1-9,13,24H,10-11H2/t13-,22-/m1/s1. The summed E-state index contributed by atoms with van der Waals surface area (Å²) < 4.78 is 0.978. The molecule has 0 radical (unpaired) electrons. The number of ketones is 1. The van der Waals surface area contributed by atoms with Gasteiger partial charge >= 0.3 is 0 Å². The highest BCUT2D eigenvalue weighted by molar-refractivity contribution is 9.10. The first-order valence-electron chi connectivity index (χ1n) is 9.04. The predicted molar refractivity (Wildman–Crippen MR) is 106 cm³/mol. The van der Waals surface area contributed by atoms with Crippen molar-refractivity contribution in [3.8, 4) is 0 Å². The Morgan fingerprint density at radius 3 is 2.93 bits per heavy atom. The number of rotatable bonds is 1. The average Bonchev–Trinajstić information content (AvgIpc) is 3.06. The van der Waals surface area contributed by atoms with Gasteiger partial charge in [0.05, 0.1) is 0 Å². The number of carbonyl (C=O) groups excluding carboxylic acids is 2. The van der Waals surface area contributed by atoms with Crippen LogP contribution >= 0.6 is 15.9 Å². The summed E-state index contributed by atoms with van der Waals surface area (Å²) in [6, 6.07) is 15.6. The van der Waals surface area contributed by atoms with Gasteiger partial charge in [0.2, 0.25) is 0 Å². The molecular formula is C22H15BrN2O2. The number of likely N-dealkylation sites (tertiary alicyclic amines) is 1. The Balaban J connectivity index is 1.43. The van der Waals surface area contributed by atoms with Crippen LogP contribution in [0.15, 0.2) is 64.8 Å². The molecule has 6 rings (SSSR count). The van der Waals surface area contributed by atoms with E-state index in [2.05, 4.69) is 27.0 Å². The van der Waals surface area contributed by atoms with Gasteiger partial charge < -0.3 is 9.88 Å². The maximum atomic E-state index is 13.3.